The summed E-state index contributed by atoms with van der Waals surface area (Å²) in [5.41, 5.74) is 0.194. The van der Waals surface area contributed by atoms with Gasteiger partial charge in [0, 0.05) is 31.5 Å². The van der Waals surface area contributed by atoms with E-state index >= 15 is 0 Å². The molecule has 0 radical (unpaired) electrons. The van der Waals surface area contributed by atoms with Crippen molar-refractivity contribution in [2.24, 2.45) is 0 Å². The van der Waals surface area contributed by atoms with Gasteiger partial charge in [-0.25, -0.2) is 4.79 Å². The topological polar surface area (TPSA) is 107 Å². The van der Waals surface area contributed by atoms with E-state index in [0.29, 0.717) is 11.4 Å². The van der Waals surface area contributed by atoms with Gasteiger partial charge in [-0.3, -0.25) is 9.89 Å². The Kier molecular flexibility index (Phi) is 3.87. The minimum absolute atomic E-state index is 0.0216. The molecule has 1 amide bonds. The molecule has 7 nitrogen and oxygen atoms in total. The highest BCUT2D eigenvalue weighted by Crippen LogP contribution is 2.24. The zero-order valence-electron chi connectivity index (χ0n) is 12.4. The van der Waals surface area contributed by atoms with E-state index in [1.54, 1.807) is 6.07 Å². The maximum atomic E-state index is 12.5. The van der Waals surface area contributed by atoms with Crippen molar-refractivity contribution < 1.29 is 19.8 Å². The van der Waals surface area contributed by atoms with Gasteiger partial charge in [0.05, 0.1) is 5.69 Å². The minimum Gasteiger partial charge on any atom is -0.479 e. The zero-order valence-corrected chi connectivity index (χ0v) is 12.4. The molecule has 0 aliphatic carbocycles. The quantitative estimate of drug-likeness (QED) is 0.787. The molecule has 1 aliphatic rings. The number of aliphatic carboxylic acids is 1. The molecular formula is C16H17N3O4. The van der Waals surface area contributed by atoms with Crippen molar-refractivity contribution in [1.82, 2.24) is 15.1 Å². The smallest absolute Gasteiger partial charge is 0.335 e. The Bertz CT molecular complexity index is 718. The number of benzene rings is 1. The van der Waals surface area contributed by atoms with Crippen LogP contribution in [0.4, 0.5) is 0 Å². The van der Waals surface area contributed by atoms with Crippen LogP contribution in [0.2, 0.25) is 0 Å². The Hall–Kier alpha value is -2.67. The predicted octanol–water partition coefficient (Wildman–Crippen LogP) is 1.13. The summed E-state index contributed by atoms with van der Waals surface area (Å²) in [6.45, 7) is 0.392. The number of aromatic nitrogens is 2. The number of piperidine rings is 1. The average molecular weight is 315 g/mol. The number of nitrogens with zero attached hydrogens (tertiary/aromatic N) is 2. The predicted molar refractivity (Wildman–Crippen MR) is 81.7 cm³/mol. The molecule has 3 rings (SSSR count). The summed E-state index contributed by atoms with van der Waals surface area (Å²) in [5.74, 6) is -1.48. The molecule has 23 heavy (non-hydrogen) atoms. The lowest BCUT2D eigenvalue weighted by Gasteiger charge is -2.35. The van der Waals surface area contributed by atoms with Crippen LogP contribution in [0.3, 0.4) is 0 Å². The van der Waals surface area contributed by atoms with E-state index in [9.17, 15) is 14.7 Å². The average Bonchev–Trinajstić information content (AvgIpc) is 3.05. The van der Waals surface area contributed by atoms with Crippen molar-refractivity contribution >= 4 is 11.9 Å². The van der Waals surface area contributed by atoms with Crippen LogP contribution in [0.25, 0.3) is 11.3 Å². The molecular weight excluding hydrogens is 298 g/mol. The van der Waals surface area contributed by atoms with Gasteiger partial charge in [0.1, 0.15) is 5.69 Å². The Morgan fingerprint density at radius 2 is 1.83 bits per heavy atom. The molecule has 1 fully saturated rings. The van der Waals surface area contributed by atoms with E-state index in [1.807, 2.05) is 30.3 Å². The first-order valence-electron chi connectivity index (χ1n) is 7.35. The third-order valence-electron chi connectivity index (χ3n) is 4.15. The fourth-order valence-corrected chi connectivity index (χ4v) is 2.65. The summed E-state index contributed by atoms with van der Waals surface area (Å²) < 4.78 is 0. The number of rotatable bonds is 3. The van der Waals surface area contributed by atoms with E-state index < -0.39 is 11.6 Å². The van der Waals surface area contributed by atoms with Gasteiger partial charge in [-0.2, -0.15) is 5.10 Å². The molecule has 120 valence electrons. The lowest BCUT2D eigenvalue weighted by Crippen LogP contribution is -2.50. The number of carbonyl (C=O) groups excluding carboxylic acids is 1. The normalized spacial score (nSPS) is 17.0. The van der Waals surface area contributed by atoms with Gasteiger partial charge in [0.25, 0.3) is 5.91 Å². The minimum atomic E-state index is -1.74. The SMILES string of the molecule is O=C(c1cc(-c2ccccc2)n[nH]1)N1CCC(O)(C(=O)O)CC1. The van der Waals surface area contributed by atoms with Gasteiger partial charge in [0.2, 0.25) is 0 Å². The molecule has 0 atom stereocenters. The highest BCUT2D eigenvalue weighted by atomic mass is 16.4. The first-order valence-corrected chi connectivity index (χ1v) is 7.35. The van der Waals surface area contributed by atoms with Crippen LogP contribution in [-0.2, 0) is 4.79 Å². The number of H-pyrrole nitrogens is 1. The summed E-state index contributed by atoms with van der Waals surface area (Å²) >= 11 is 0. The second-order valence-corrected chi connectivity index (χ2v) is 5.66. The van der Waals surface area contributed by atoms with Gasteiger partial charge in [-0.1, -0.05) is 30.3 Å². The van der Waals surface area contributed by atoms with Crippen molar-refractivity contribution in [2.75, 3.05) is 13.1 Å². The fourth-order valence-electron chi connectivity index (χ4n) is 2.65. The number of carboxylic acid groups (broad SMARTS) is 1. The molecule has 2 heterocycles. The second-order valence-electron chi connectivity index (χ2n) is 5.66. The lowest BCUT2D eigenvalue weighted by molar-refractivity contribution is -0.162. The van der Waals surface area contributed by atoms with Crippen LogP contribution in [0.15, 0.2) is 36.4 Å². The largest absolute Gasteiger partial charge is 0.479 e. The van der Waals surface area contributed by atoms with Crippen LogP contribution in [0, 0.1) is 0 Å². The third-order valence-corrected chi connectivity index (χ3v) is 4.15. The number of likely N-dealkylation sites (tertiary alicyclic amines) is 1. The van der Waals surface area contributed by atoms with E-state index in [-0.39, 0.29) is 31.8 Å². The van der Waals surface area contributed by atoms with E-state index in [1.165, 1.54) is 4.90 Å². The fraction of sp³-hybridized carbons (Fsp3) is 0.312. The summed E-state index contributed by atoms with van der Waals surface area (Å²) in [6, 6.07) is 11.2. The second kappa shape index (κ2) is 5.85. The number of hydrogen-bond donors (Lipinski definition) is 3. The standard InChI is InChI=1S/C16H17N3O4/c20-14(19-8-6-16(23,7-9-19)15(21)22)13-10-12(17-18-13)11-4-2-1-3-5-11/h1-5,10,23H,6-9H2,(H,17,18)(H,21,22). The van der Waals surface area contributed by atoms with Gasteiger partial charge >= 0.3 is 5.97 Å². The van der Waals surface area contributed by atoms with Crippen molar-refractivity contribution in [3.8, 4) is 11.3 Å². The maximum absolute atomic E-state index is 12.5. The van der Waals surface area contributed by atoms with Crippen molar-refractivity contribution in [1.29, 1.82) is 0 Å². The first kappa shape index (κ1) is 15.2. The van der Waals surface area contributed by atoms with Crippen LogP contribution < -0.4 is 0 Å². The number of nitrogens with one attached hydrogen (secondary N) is 1. The maximum Gasteiger partial charge on any atom is 0.335 e. The molecule has 0 unspecified atom stereocenters. The molecule has 1 aromatic heterocycles. The highest BCUT2D eigenvalue weighted by Gasteiger charge is 2.40. The molecule has 0 saturated carbocycles. The van der Waals surface area contributed by atoms with Crippen LogP contribution >= 0.6 is 0 Å². The number of carboxylic acids is 1. The van der Waals surface area contributed by atoms with Gasteiger partial charge in [0.15, 0.2) is 5.60 Å². The molecule has 2 aromatic rings. The van der Waals surface area contributed by atoms with E-state index in [4.69, 9.17) is 5.11 Å². The summed E-state index contributed by atoms with van der Waals surface area (Å²) in [6.07, 6.45) is 0.0432. The van der Waals surface area contributed by atoms with Crippen molar-refractivity contribution in [3.63, 3.8) is 0 Å². The Balaban J connectivity index is 1.70. The lowest BCUT2D eigenvalue weighted by atomic mass is 9.91. The van der Waals surface area contributed by atoms with Crippen molar-refractivity contribution in [3.05, 3.63) is 42.1 Å². The van der Waals surface area contributed by atoms with E-state index in [2.05, 4.69) is 10.2 Å². The Morgan fingerprint density at radius 3 is 2.43 bits per heavy atom. The van der Waals surface area contributed by atoms with Crippen molar-refractivity contribution in [2.45, 2.75) is 18.4 Å². The van der Waals surface area contributed by atoms with E-state index in [0.717, 1.165) is 5.56 Å². The van der Waals surface area contributed by atoms with Crippen LogP contribution in [0.5, 0.6) is 0 Å². The monoisotopic (exact) mass is 315 g/mol. The first-order chi connectivity index (χ1) is 11.0. The molecule has 7 heteroatoms. The number of hydrogen-bond acceptors (Lipinski definition) is 4. The molecule has 1 aromatic carbocycles. The molecule has 0 spiro atoms. The number of aliphatic hydroxyl groups is 1. The van der Waals surface area contributed by atoms with Crippen LogP contribution in [-0.4, -0.2) is 55.9 Å². The number of amides is 1. The Labute approximate surface area is 132 Å². The molecule has 0 bridgehead atoms. The van der Waals surface area contributed by atoms with Gasteiger partial charge in [-0.05, 0) is 6.07 Å². The Morgan fingerprint density at radius 1 is 1.17 bits per heavy atom. The molecule has 1 aliphatic heterocycles. The molecule has 3 N–H and O–H groups in total. The van der Waals surface area contributed by atoms with Gasteiger partial charge in [-0.15, -0.1) is 0 Å². The van der Waals surface area contributed by atoms with Crippen LogP contribution in [0.1, 0.15) is 23.3 Å². The summed E-state index contributed by atoms with van der Waals surface area (Å²) in [5, 5.41) is 25.8. The summed E-state index contributed by atoms with van der Waals surface area (Å²) in [7, 11) is 0. The summed E-state index contributed by atoms with van der Waals surface area (Å²) in [4.78, 5) is 25.0. The molecule has 1 saturated heterocycles. The van der Waals surface area contributed by atoms with Gasteiger partial charge < -0.3 is 15.1 Å². The number of aromatic amines is 1. The highest BCUT2D eigenvalue weighted by molar-refractivity contribution is 5.93. The number of carbonyl (C=O) groups is 2. The zero-order chi connectivity index (χ0) is 16.4. The third kappa shape index (κ3) is 2.95.